The van der Waals surface area contributed by atoms with E-state index < -0.39 is 0 Å². The van der Waals surface area contributed by atoms with Crippen molar-refractivity contribution in [1.82, 2.24) is 4.90 Å². The first-order chi connectivity index (χ1) is 7.13. The van der Waals surface area contributed by atoms with Crippen molar-refractivity contribution in [2.45, 2.75) is 32.9 Å². The smallest absolute Gasteiger partial charge is 0.0931 e. The Morgan fingerprint density at radius 2 is 2.13 bits per heavy atom. The van der Waals surface area contributed by atoms with Crippen LogP contribution in [-0.2, 0) is 6.54 Å². The number of alkyl halides is 1. The summed E-state index contributed by atoms with van der Waals surface area (Å²) in [6.07, 6.45) is 1.04. The molecule has 1 heterocycles. The van der Waals surface area contributed by atoms with Gasteiger partial charge in [-0.3, -0.25) is 4.90 Å². The van der Waals surface area contributed by atoms with E-state index >= 15 is 0 Å². The third-order valence-corrected chi connectivity index (χ3v) is 3.78. The highest BCUT2D eigenvalue weighted by atomic mass is 35.5. The fraction of sp³-hybridized carbons (Fsp3) is 0.636. The van der Waals surface area contributed by atoms with Gasteiger partial charge >= 0.3 is 0 Å². The Hall–Kier alpha value is 0.240. The fourth-order valence-corrected chi connectivity index (χ4v) is 2.65. The van der Waals surface area contributed by atoms with Crippen molar-refractivity contribution in [3.8, 4) is 0 Å². The SMILES string of the molecule is CC(C)N(CCCCl)Cc1ccc(Cl)s1. The predicted octanol–water partition coefficient (Wildman–Crippen LogP) is 4.24. The van der Waals surface area contributed by atoms with Crippen molar-refractivity contribution in [1.29, 1.82) is 0 Å². The largest absolute Gasteiger partial charge is 0.296 e. The van der Waals surface area contributed by atoms with Crippen molar-refractivity contribution in [3.63, 3.8) is 0 Å². The predicted molar refractivity (Wildman–Crippen MR) is 70.2 cm³/mol. The minimum absolute atomic E-state index is 0.550. The van der Waals surface area contributed by atoms with Crippen LogP contribution in [-0.4, -0.2) is 23.4 Å². The summed E-state index contributed by atoms with van der Waals surface area (Å²) in [6, 6.07) is 4.61. The minimum Gasteiger partial charge on any atom is -0.296 e. The zero-order valence-corrected chi connectivity index (χ0v) is 11.5. The summed E-state index contributed by atoms with van der Waals surface area (Å²) < 4.78 is 0.867. The van der Waals surface area contributed by atoms with Crippen LogP contribution in [0.25, 0.3) is 0 Å². The van der Waals surface area contributed by atoms with E-state index in [0.29, 0.717) is 6.04 Å². The highest BCUT2D eigenvalue weighted by molar-refractivity contribution is 7.16. The lowest BCUT2D eigenvalue weighted by Crippen LogP contribution is -2.31. The Morgan fingerprint density at radius 3 is 2.60 bits per heavy atom. The molecule has 1 aromatic heterocycles. The van der Waals surface area contributed by atoms with E-state index in [1.54, 1.807) is 11.3 Å². The molecule has 1 nitrogen and oxygen atoms in total. The zero-order valence-electron chi connectivity index (χ0n) is 9.17. The second-order valence-electron chi connectivity index (χ2n) is 3.81. The lowest BCUT2D eigenvalue weighted by molar-refractivity contribution is 0.215. The molecule has 0 radical (unpaired) electrons. The second-order valence-corrected chi connectivity index (χ2v) is 5.99. The summed E-state index contributed by atoms with van der Waals surface area (Å²) in [6.45, 7) is 6.45. The molecule has 1 rings (SSSR count). The molecule has 86 valence electrons. The Morgan fingerprint density at radius 1 is 1.40 bits per heavy atom. The van der Waals surface area contributed by atoms with Gasteiger partial charge in [0, 0.05) is 23.3 Å². The Bertz CT molecular complexity index is 286. The summed E-state index contributed by atoms with van der Waals surface area (Å²) in [5.74, 6) is 0.731. The molecule has 0 unspecified atom stereocenters. The van der Waals surface area contributed by atoms with E-state index in [1.807, 2.05) is 6.07 Å². The molecule has 0 aliphatic carbocycles. The van der Waals surface area contributed by atoms with Gasteiger partial charge in [0.1, 0.15) is 0 Å². The first-order valence-corrected chi connectivity index (χ1v) is 6.90. The minimum atomic E-state index is 0.550. The van der Waals surface area contributed by atoms with E-state index in [9.17, 15) is 0 Å². The molecular formula is C11H17Cl2NS. The van der Waals surface area contributed by atoms with Crippen molar-refractivity contribution in [2.24, 2.45) is 0 Å². The van der Waals surface area contributed by atoms with Crippen LogP contribution in [0.3, 0.4) is 0 Å². The van der Waals surface area contributed by atoms with Gasteiger partial charge in [-0.25, -0.2) is 0 Å². The third-order valence-electron chi connectivity index (χ3n) is 2.30. The molecule has 0 amide bonds. The summed E-state index contributed by atoms with van der Waals surface area (Å²) in [4.78, 5) is 3.74. The average molecular weight is 266 g/mol. The summed E-state index contributed by atoms with van der Waals surface area (Å²) in [5.41, 5.74) is 0. The topological polar surface area (TPSA) is 3.24 Å². The van der Waals surface area contributed by atoms with Crippen LogP contribution in [0.1, 0.15) is 25.1 Å². The molecule has 0 saturated carbocycles. The highest BCUT2D eigenvalue weighted by Crippen LogP contribution is 2.23. The first kappa shape index (κ1) is 13.3. The summed E-state index contributed by atoms with van der Waals surface area (Å²) in [5, 5.41) is 0. The Kier molecular flexibility index (Phi) is 5.98. The van der Waals surface area contributed by atoms with Crippen LogP contribution in [0.5, 0.6) is 0 Å². The maximum Gasteiger partial charge on any atom is 0.0931 e. The van der Waals surface area contributed by atoms with Crippen LogP contribution in [0.4, 0.5) is 0 Å². The number of rotatable bonds is 6. The molecular weight excluding hydrogens is 249 g/mol. The van der Waals surface area contributed by atoms with Gasteiger partial charge in [-0.1, -0.05) is 11.6 Å². The van der Waals surface area contributed by atoms with Crippen LogP contribution < -0.4 is 0 Å². The monoisotopic (exact) mass is 265 g/mol. The van der Waals surface area contributed by atoms with Gasteiger partial charge in [0.15, 0.2) is 0 Å². The van der Waals surface area contributed by atoms with Gasteiger partial charge in [-0.05, 0) is 38.9 Å². The van der Waals surface area contributed by atoms with Crippen LogP contribution in [0.15, 0.2) is 12.1 Å². The standard InChI is InChI=1S/C11H17Cl2NS/c1-9(2)14(7-3-6-12)8-10-4-5-11(13)15-10/h4-5,9H,3,6-8H2,1-2H3. The molecule has 0 spiro atoms. The van der Waals surface area contributed by atoms with Gasteiger partial charge in [0.2, 0.25) is 0 Å². The van der Waals surface area contributed by atoms with E-state index in [0.717, 1.165) is 29.7 Å². The average Bonchev–Trinajstić information content (AvgIpc) is 2.58. The molecule has 0 aliphatic rings. The van der Waals surface area contributed by atoms with Gasteiger partial charge in [0.05, 0.1) is 4.34 Å². The van der Waals surface area contributed by atoms with E-state index in [4.69, 9.17) is 23.2 Å². The van der Waals surface area contributed by atoms with Crippen LogP contribution in [0.2, 0.25) is 4.34 Å². The molecule has 0 N–H and O–H groups in total. The quantitative estimate of drug-likeness (QED) is 0.696. The van der Waals surface area contributed by atoms with E-state index in [1.165, 1.54) is 4.88 Å². The lowest BCUT2D eigenvalue weighted by atomic mass is 10.3. The highest BCUT2D eigenvalue weighted by Gasteiger charge is 2.10. The number of hydrogen-bond acceptors (Lipinski definition) is 2. The van der Waals surface area contributed by atoms with Gasteiger partial charge in [0.25, 0.3) is 0 Å². The second kappa shape index (κ2) is 6.74. The first-order valence-electron chi connectivity index (χ1n) is 5.17. The molecule has 0 fully saturated rings. The molecule has 1 aromatic rings. The fourth-order valence-electron chi connectivity index (χ4n) is 1.42. The number of hydrogen-bond donors (Lipinski definition) is 0. The Labute approximate surface area is 106 Å². The molecule has 0 atom stereocenters. The van der Waals surface area contributed by atoms with Crippen molar-refractivity contribution in [2.75, 3.05) is 12.4 Å². The summed E-state index contributed by atoms with van der Waals surface area (Å²) in [7, 11) is 0. The van der Waals surface area contributed by atoms with Crippen molar-refractivity contribution >= 4 is 34.5 Å². The zero-order chi connectivity index (χ0) is 11.3. The molecule has 15 heavy (non-hydrogen) atoms. The van der Waals surface area contributed by atoms with Gasteiger partial charge in [-0.15, -0.1) is 22.9 Å². The van der Waals surface area contributed by atoms with Gasteiger partial charge in [-0.2, -0.15) is 0 Å². The normalized spacial score (nSPS) is 11.6. The van der Waals surface area contributed by atoms with E-state index in [2.05, 4.69) is 24.8 Å². The van der Waals surface area contributed by atoms with Crippen molar-refractivity contribution in [3.05, 3.63) is 21.3 Å². The van der Waals surface area contributed by atoms with Crippen LogP contribution in [0, 0.1) is 0 Å². The number of thiophene rings is 1. The number of nitrogens with zero attached hydrogens (tertiary/aromatic N) is 1. The molecule has 0 saturated heterocycles. The lowest BCUT2D eigenvalue weighted by Gasteiger charge is -2.25. The Balaban J connectivity index is 2.50. The maximum absolute atomic E-state index is 5.91. The molecule has 0 bridgehead atoms. The maximum atomic E-state index is 5.91. The third kappa shape index (κ3) is 4.73. The molecule has 4 heteroatoms. The molecule has 0 aliphatic heterocycles. The van der Waals surface area contributed by atoms with Gasteiger partial charge < -0.3 is 0 Å². The number of halogens is 2. The molecule has 0 aromatic carbocycles. The van der Waals surface area contributed by atoms with Crippen LogP contribution >= 0.6 is 34.5 Å². The van der Waals surface area contributed by atoms with Crippen molar-refractivity contribution < 1.29 is 0 Å². The van der Waals surface area contributed by atoms with E-state index in [-0.39, 0.29) is 0 Å². The summed E-state index contributed by atoms with van der Waals surface area (Å²) >= 11 is 13.3.